The van der Waals surface area contributed by atoms with Gasteiger partial charge in [-0.2, -0.15) is 0 Å². The van der Waals surface area contributed by atoms with Gasteiger partial charge in [0, 0.05) is 11.5 Å². The third kappa shape index (κ3) is 2.76. The first-order valence-electron chi connectivity index (χ1n) is 8.98. The zero-order valence-electron chi connectivity index (χ0n) is 15.1. The third-order valence-corrected chi connectivity index (χ3v) is 5.24. The van der Waals surface area contributed by atoms with Crippen LogP contribution in [-0.2, 0) is 0 Å². The monoisotopic (exact) mass is 338 g/mol. The van der Waals surface area contributed by atoms with Crippen molar-refractivity contribution in [2.75, 3.05) is 0 Å². The van der Waals surface area contributed by atoms with Gasteiger partial charge in [-0.15, -0.1) is 0 Å². The fourth-order valence-corrected chi connectivity index (χ4v) is 3.89. The summed E-state index contributed by atoms with van der Waals surface area (Å²) in [6, 6.07) is 29.0. The Morgan fingerprint density at radius 3 is 1.77 bits per heavy atom. The number of hydrogen-bond acceptors (Lipinski definition) is 1. The van der Waals surface area contributed by atoms with Gasteiger partial charge in [0.15, 0.2) is 0 Å². The molecule has 4 rings (SSSR count). The molecule has 0 aliphatic carbocycles. The van der Waals surface area contributed by atoms with Crippen molar-refractivity contribution in [3.05, 3.63) is 113 Å². The Kier molecular flexibility index (Phi) is 4.22. The number of rotatable bonds is 3. The summed E-state index contributed by atoms with van der Waals surface area (Å²) in [6.07, 6.45) is 0. The van der Waals surface area contributed by atoms with Crippen molar-refractivity contribution >= 4 is 10.8 Å². The van der Waals surface area contributed by atoms with Crippen LogP contribution >= 0.6 is 0 Å². The van der Waals surface area contributed by atoms with E-state index in [1.807, 2.05) is 24.3 Å². The predicted molar refractivity (Wildman–Crippen MR) is 109 cm³/mol. The van der Waals surface area contributed by atoms with E-state index in [4.69, 9.17) is 0 Å². The van der Waals surface area contributed by atoms with E-state index >= 15 is 0 Å². The average molecular weight is 338 g/mol. The number of phenolic OH excluding ortho intramolecular Hbond substituents is 1. The average Bonchev–Trinajstić information content (AvgIpc) is 2.66. The highest BCUT2D eigenvalue weighted by molar-refractivity contribution is 5.89. The highest BCUT2D eigenvalue weighted by atomic mass is 16.3. The van der Waals surface area contributed by atoms with Crippen molar-refractivity contribution in [1.82, 2.24) is 0 Å². The van der Waals surface area contributed by atoms with Crippen molar-refractivity contribution < 1.29 is 5.11 Å². The van der Waals surface area contributed by atoms with Gasteiger partial charge < -0.3 is 5.11 Å². The number of benzene rings is 4. The van der Waals surface area contributed by atoms with Crippen molar-refractivity contribution in [1.29, 1.82) is 0 Å². The summed E-state index contributed by atoms with van der Waals surface area (Å²) < 4.78 is 0. The Bertz CT molecular complexity index is 1030. The fraction of sp³-hybridized carbons (Fsp3) is 0.120. The normalized spacial score (nSPS) is 11.2. The van der Waals surface area contributed by atoms with Gasteiger partial charge in [0.25, 0.3) is 0 Å². The molecule has 0 saturated carbocycles. The molecule has 0 fully saturated rings. The summed E-state index contributed by atoms with van der Waals surface area (Å²) >= 11 is 0. The van der Waals surface area contributed by atoms with Crippen LogP contribution in [0, 0.1) is 13.8 Å². The van der Waals surface area contributed by atoms with Crippen LogP contribution in [0.1, 0.15) is 33.7 Å². The van der Waals surface area contributed by atoms with E-state index < -0.39 is 0 Å². The Hall–Kier alpha value is -3.06. The molecule has 4 aromatic rings. The van der Waals surface area contributed by atoms with E-state index in [1.54, 1.807) is 0 Å². The Morgan fingerprint density at radius 2 is 1.15 bits per heavy atom. The number of phenols is 1. The summed E-state index contributed by atoms with van der Waals surface area (Å²) in [7, 11) is 0. The number of hydrogen-bond donors (Lipinski definition) is 1. The second kappa shape index (κ2) is 6.68. The van der Waals surface area contributed by atoms with E-state index in [0.717, 1.165) is 16.3 Å². The molecule has 1 heteroatoms. The molecule has 0 unspecified atom stereocenters. The van der Waals surface area contributed by atoms with Crippen LogP contribution < -0.4 is 0 Å². The minimum Gasteiger partial charge on any atom is -0.508 e. The first-order valence-corrected chi connectivity index (χ1v) is 8.98. The molecular formula is C25H22O. The molecule has 26 heavy (non-hydrogen) atoms. The van der Waals surface area contributed by atoms with Crippen molar-refractivity contribution in [2.45, 2.75) is 19.8 Å². The van der Waals surface area contributed by atoms with Crippen LogP contribution in [-0.4, -0.2) is 5.11 Å². The lowest BCUT2D eigenvalue weighted by Gasteiger charge is -2.25. The predicted octanol–water partition coefficient (Wildman–Crippen LogP) is 6.34. The molecule has 0 atom stereocenters. The molecule has 0 saturated heterocycles. The third-order valence-electron chi connectivity index (χ3n) is 5.24. The maximum Gasteiger partial charge on any atom is 0.120 e. The topological polar surface area (TPSA) is 20.2 Å². The molecule has 1 nitrogen and oxygen atoms in total. The molecular weight excluding hydrogens is 316 g/mol. The highest BCUT2D eigenvalue weighted by Gasteiger charge is 2.24. The van der Waals surface area contributed by atoms with Crippen molar-refractivity contribution in [2.24, 2.45) is 0 Å². The minimum absolute atomic E-state index is 0.0106. The van der Waals surface area contributed by atoms with E-state index in [2.05, 4.69) is 74.5 Å². The smallest absolute Gasteiger partial charge is 0.120 e. The van der Waals surface area contributed by atoms with Gasteiger partial charge in [0.05, 0.1) is 0 Å². The van der Waals surface area contributed by atoms with Crippen LogP contribution in [0.4, 0.5) is 0 Å². The van der Waals surface area contributed by atoms with Crippen molar-refractivity contribution in [3.8, 4) is 5.75 Å². The molecule has 0 aromatic heterocycles. The number of fused-ring (bicyclic) bond motifs is 1. The van der Waals surface area contributed by atoms with Gasteiger partial charge in [-0.1, -0.05) is 78.9 Å². The Balaban J connectivity index is 2.09. The molecule has 0 radical (unpaired) electrons. The first-order chi connectivity index (χ1) is 12.7. The zero-order valence-corrected chi connectivity index (χ0v) is 15.1. The van der Waals surface area contributed by atoms with E-state index in [1.165, 1.54) is 22.3 Å². The van der Waals surface area contributed by atoms with E-state index in [0.29, 0.717) is 5.75 Å². The SMILES string of the molecule is Cc1ccccc1C(c1ccccc1C)c1c(O)ccc2ccccc12. The molecule has 4 aromatic carbocycles. The molecule has 0 bridgehead atoms. The molecule has 0 aliphatic rings. The molecule has 0 amide bonds. The number of aromatic hydroxyl groups is 1. The largest absolute Gasteiger partial charge is 0.508 e. The fourth-order valence-electron chi connectivity index (χ4n) is 3.89. The van der Waals surface area contributed by atoms with Crippen LogP contribution in [0.5, 0.6) is 5.75 Å². The van der Waals surface area contributed by atoms with E-state index in [-0.39, 0.29) is 5.92 Å². The lowest BCUT2D eigenvalue weighted by atomic mass is 9.79. The van der Waals surface area contributed by atoms with Gasteiger partial charge in [0.2, 0.25) is 0 Å². The van der Waals surface area contributed by atoms with Crippen LogP contribution in [0.15, 0.2) is 84.9 Å². The van der Waals surface area contributed by atoms with Gasteiger partial charge >= 0.3 is 0 Å². The first kappa shape index (κ1) is 16.4. The minimum atomic E-state index is -0.0106. The summed E-state index contributed by atoms with van der Waals surface area (Å²) in [5.74, 6) is 0.337. The summed E-state index contributed by atoms with van der Waals surface area (Å²) in [4.78, 5) is 0. The summed E-state index contributed by atoms with van der Waals surface area (Å²) in [6.45, 7) is 4.28. The van der Waals surface area contributed by atoms with Crippen LogP contribution in [0.25, 0.3) is 10.8 Å². The van der Waals surface area contributed by atoms with Gasteiger partial charge in [-0.25, -0.2) is 0 Å². The molecule has 0 spiro atoms. The van der Waals surface area contributed by atoms with Gasteiger partial charge in [0.1, 0.15) is 5.75 Å². The lowest BCUT2D eigenvalue weighted by molar-refractivity contribution is 0.468. The van der Waals surface area contributed by atoms with E-state index in [9.17, 15) is 5.11 Å². The van der Waals surface area contributed by atoms with Crippen molar-refractivity contribution in [3.63, 3.8) is 0 Å². The standard InChI is InChI=1S/C25H22O/c1-17-9-3-6-12-20(17)24(21-13-7-4-10-18(21)2)25-22-14-8-5-11-19(22)15-16-23(25)26/h3-16,24,26H,1-2H3. The van der Waals surface area contributed by atoms with Gasteiger partial charge in [-0.05, 0) is 52.9 Å². The quantitative estimate of drug-likeness (QED) is 0.432. The maximum absolute atomic E-state index is 10.9. The molecule has 1 N–H and O–H groups in total. The summed E-state index contributed by atoms with van der Waals surface area (Å²) in [5.41, 5.74) is 5.90. The number of aryl methyl sites for hydroxylation is 2. The maximum atomic E-state index is 10.9. The summed E-state index contributed by atoms with van der Waals surface area (Å²) in [5, 5.41) is 13.1. The molecule has 0 heterocycles. The Morgan fingerprint density at radius 1 is 0.615 bits per heavy atom. The second-order valence-corrected chi connectivity index (χ2v) is 6.87. The second-order valence-electron chi connectivity index (χ2n) is 6.87. The van der Waals surface area contributed by atoms with Crippen LogP contribution in [0.3, 0.4) is 0 Å². The Labute approximate surface area is 154 Å². The van der Waals surface area contributed by atoms with Gasteiger partial charge in [-0.3, -0.25) is 0 Å². The van der Waals surface area contributed by atoms with Crippen LogP contribution in [0.2, 0.25) is 0 Å². The lowest BCUT2D eigenvalue weighted by Crippen LogP contribution is -2.08. The highest BCUT2D eigenvalue weighted by Crippen LogP contribution is 2.42. The molecule has 0 aliphatic heterocycles. The molecule has 128 valence electrons. The zero-order chi connectivity index (χ0) is 18.1.